The molecule has 3 heterocycles. The van der Waals surface area contributed by atoms with Crippen LogP contribution < -0.4 is 46.9 Å². The molecule has 2 nitrogen and oxygen atoms in total. The van der Waals surface area contributed by atoms with Crippen LogP contribution in [-0.2, 0) is 28.1 Å². The van der Waals surface area contributed by atoms with Crippen molar-refractivity contribution < 1.29 is 0 Å². The van der Waals surface area contributed by atoms with Crippen molar-refractivity contribution in [3.8, 4) is 0 Å². The Kier molecular flexibility index (Phi) is 8.42. The third-order valence-corrected chi connectivity index (χ3v) is 21.8. The average Bonchev–Trinajstić information content (AvgIpc) is 3.30. The van der Waals surface area contributed by atoms with Crippen molar-refractivity contribution in [2.45, 2.75) is 116 Å². The predicted molar refractivity (Wildman–Crippen MR) is 278 cm³/mol. The molecule has 0 fully saturated rings. The van der Waals surface area contributed by atoms with Crippen molar-refractivity contribution >= 4 is 86.0 Å². The lowest BCUT2D eigenvalue weighted by atomic mass is 9.33. The van der Waals surface area contributed by atoms with Crippen LogP contribution in [0, 0.1) is 0 Å². The molecule has 64 heavy (non-hydrogen) atoms. The van der Waals surface area contributed by atoms with Crippen LogP contribution in [0.25, 0.3) is 0 Å². The molecule has 5 aliphatic rings. The summed E-state index contributed by atoms with van der Waals surface area (Å²) in [7, 11) is -2.83. The molecule has 0 amide bonds. The Morgan fingerprint density at radius 2 is 0.984 bits per heavy atom. The third-order valence-electron chi connectivity index (χ3n) is 17.0. The van der Waals surface area contributed by atoms with Crippen LogP contribution in [0.5, 0.6) is 0 Å². The monoisotopic (exact) mass is 848 g/mol. The third kappa shape index (κ3) is 5.32. The summed E-state index contributed by atoms with van der Waals surface area (Å²) in [5.74, 6) is 0. The summed E-state index contributed by atoms with van der Waals surface area (Å²) >= 11 is 0. The summed E-state index contributed by atoms with van der Waals surface area (Å²) in [6, 6.07) is 58.0. The van der Waals surface area contributed by atoms with Crippen LogP contribution in [0.2, 0.25) is 0 Å². The summed E-state index contributed by atoms with van der Waals surface area (Å²) in [5.41, 5.74) is 20.1. The summed E-state index contributed by atoms with van der Waals surface area (Å²) in [5, 5.41) is 5.81. The Labute approximate surface area is 383 Å². The van der Waals surface area contributed by atoms with Gasteiger partial charge in [0.15, 0.2) is 8.07 Å². The van der Waals surface area contributed by atoms with Gasteiger partial charge in [0.2, 0.25) is 0 Å². The molecule has 3 aliphatic heterocycles. The lowest BCUT2D eigenvalue weighted by Crippen LogP contribution is -2.79. The zero-order valence-corrected chi connectivity index (χ0v) is 40.4. The van der Waals surface area contributed by atoms with Crippen molar-refractivity contribution in [1.82, 2.24) is 0 Å². The van der Waals surface area contributed by atoms with E-state index in [0.717, 1.165) is 6.42 Å². The highest BCUT2D eigenvalue weighted by molar-refractivity contribution is 7.22. The molecular formula is C60H61BN2Si. The topological polar surface area (TPSA) is 6.48 Å². The summed E-state index contributed by atoms with van der Waals surface area (Å²) in [6.45, 7) is 22.2. The Balaban J connectivity index is 1.22. The minimum absolute atomic E-state index is 0.0657. The maximum absolute atomic E-state index is 2.83. The first-order chi connectivity index (χ1) is 30.7. The van der Waals surface area contributed by atoms with E-state index < -0.39 is 8.07 Å². The molecule has 0 saturated carbocycles. The van der Waals surface area contributed by atoms with Crippen LogP contribution in [0.4, 0.5) is 34.1 Å². The van der Waals surface area contributed by atoms with Gasteiger partial charge < -0.3 is 9.80 Å². The van der Waals surface area contributed by atoms with Crippen molar-refractivity contribution in [3.05, 3.63) is 173 Å². The molecule has 0 N–H and O–H groups in total. The second kappa shape index (κ2) is 13.5. The maximum Gasteiger partial charge on any atom is 0.252 e. The number of aryl methyl sites for hydroxylation is 1. The molecule has 0 aromatic heterocycles. The molecule has 4 heteroatoms. The van der Waals surface area contributed by atoms with Crippen molar-refractivity contribution in [2.75, 3.05) is 9.80 Å². The highest BCUT2D eigenvalue weighted by Gasteiger charge is 2.54. The second-order valence-corrected chi connectivity index (χ2v) is 26.2. The first kappa shape index (κ1) is 40.0. The smallest absolute Gasteiger partial charge is 0.252 e. The number of hydrogen-bond donors (Lipinski definition) is 0. The highest BCUT2D eigenvalue weighted by atomic mass is 28.3. The van der Waals surface area contributed by atoms with Crippen molar-refractivity contribution in [2.24, 2.45) is 0 Å². The van der Waals surface area contributed by atoms with E-state index in [1.807, 2.05) is 0 Å². The molecule has 0 saturated heterocycles. The van der Waals surface area contributed by atoms with Gasteiger partial charge in [-0.1, -0.05) is 172 Å². The van der Waals surface area contributed by atoms with Crippen LogP contribution in [0.15, 0.2) is 146 Å². The zero-order chi connectivity index (χ0) is 44.1. The average molecular weight is 849 g/mol. The van der Waals surface area contributed by atoms with E-state index >= 15 is 0 Å². The standard InChI is InChI=1S/C60H61BN2Si/c1-10-39-34-51-55-52(35-39)63-49-25-17-18-26-53(49)64(41-20-13-11-14-21-41,42-22-15-12-16-23-42)54-27-19-24-47(56(54)63)61(55)48-37-45-46(60(8,9)33-32-59(45,6)7)38-50(48)62(51)40-28-29-43-44(36-40)58(4,5)31-30-57(43,2)3/h11-29,34-38H,10,30-33H2,1-9H3. The van der Waals surface area contributed by atoms with Gasteiger partial charge in [0.25, 0.3) is 6.71 Å². The molecule has 12 rings (SSSR count). The molecule has 0 unspecified atom stereocenters. The first-order valence-electron chi connectivity index (χ1n) is 24.1. The number of anilines is 6. The van der Waals surface area contributed by atoms with Crippen LogP contribution in [0.3, 0.4) is 0 Å². The van der Waals surface area contributed by atoms with Gasteiger partial charge in [-0.25, -0.2) is 0 Å². The van der Waals surface area contributed by atoms with Gasteiger partial charge in [0.05, 0.1) is 0 Å². The van der Waals surface area contributed by atoms with E-state index in [1.54, 1.807) is 0 Å². The molecule has 0 atom stereocenters. The summed E-state index contributed by atoms with van der Waals surface area (Å²) in [6.07, 6.45) is 5.73. The van der Waals surface area contributed by atoms with Gasteiger partial charge in [-0.05, 0) is 155 Å². The molecule has 2 aliphatic carbocycles. The number of nitrogens with zero attached hydrogens (tertiary/aromatic N) is 2. The fraction of sp³-hybridized carbons (Fsp3) is 0.300. The Morgan fingerprint density at radius 3 is 1.61 bits per heavy atom. The van der Waals surface area contributed by atoms with Gasteiger partial charge in [0.1, 0.15) is 0 Å². The second-order valence-electron chi connectivity index (χ2n) is 22.5. The van der Waals surface area contributed by atoms with E-state index in [-0.39, 0.29) is 28.4 Å². The van der Waals surface area contributed by atoms with Crippen LogP contribution in [-0.4, -0.2) is 14.8 Å². The molecule has 7 aromatic rings. The molecule has 0 bridgehead atoms. The SMILES string of the molecule is CCc1cc2c3c(c1)N1c4ccccc4[Si](c4ccccc4)(c4ccccc4)c4cccc(c41)B3c1cc3c(cc1N2c1ccc2c(c1)C(C)(C)CCC2(C)C)C(C)(C)CCC3(C)C. The van der Waals surface area contributed by atoms with Crippen LogP contribution in [0.1, 0.15) is 116 Å². The number of para-hydroxylation sites is 2. The summed E-state index contributed by atoms with van der Waals surface area (Å²) in [4.78, 5) is 5.44. The van der Waals surface area contributed by atoms with Crippen molar-refractivity contribution in [1.29, 1.82) is 0 Å². The molecule has 0 spiro atoms. The van der Waals surface area contributed by atoms with Gasteiger partial charge >= 0.3 is 0 Å². The maximum atomic E-state index is 2.72. The fourth-order valence-corrected chi connectivity index (χ4v) is 18.3. The van der Waals surface area contributed by atoms with Gasteiger partial charge in [-0.2, -0.15) is 0 Å². The van der Waals surface area contributed by atoms with E-state index in [9.17, 15) is 0 Å². The van der Waals surface area contributed by atoms with Gasteiger partial charge in [-0.3, -0.25) is 0 Å². The predicted octanol–water partition coefficient (Wildman–Crippen LogP) is 10.7. The molecule has 0 radical (unpaired) electrons. The number of fused-ring (bicyclic) bond motifs is 8. The quantitative estimate of drug-likeness (QED) is 0.163. The summed E-state index contributed by atoms with van der Waals surface area (Å²) < 4.78 is 0. The van der Waals surface area contributed by atoms with Crippen molar-refractivity contribution in [3.63, 3.8) is 0 Å². The van der Waals surface area contributed by atoms with E-state index in [1.165, 1.54) is 125 Å². The van der Waals surface area contributed by atoms with E-state index in [4.69, 9.17) is 0 Å². The lowest BCUT2D eigenvalue weighted by Gasteiger charge is -2.51. The number of hydrogen-bond acceptors (Lipinski definition) is 2. The normalized spacial score (nSPS) is 19.4. The number of rotatable bonds is 4. The first-order valence-corrected chi connectivity index (χ1v) is 26.1. The fourth-order valence-electron chi connectivity index (χ4n) is 13.2. The lowest BCUT2D eigenvalue weighted by molar-refractivity contribution is 0.332. The number of benzene rings is 7. The minimum Gasteiger partial charge on any atom is -0.312 e. The van der Waals surface area contributed by atoms with Crippen LogP contribution >= 0.6 is 0 Å². The van der Waals surface area contributed by atoms with Gasteiger partial charge in [-0.15, -0.1) is 0 Å². The zero-order valence-electron chi connectivity index (χ0n) is 39.4. The molecular weight excluding hydrogens is 788 g/mol. The highest BCUT2D eigenvalue weighted by Crippen LogP contribution is 2.53. The van der Waals surface area contributed by atoms with E-state index in [2.05, 4.69) is 218 Å². The molecule has 318 valence electrons. The Morgan fingerprint density at radius 1 is 0.453 bits per heavy atom. The van der Waals surface area contributed by atoms with E-state index in [0.29, 0.717) is 0 Å². The molecule has 7 aromatic carbocycles. The minimum atomic E-state index is -2.83. The Bertz CT molecular complexity index is 3030. The Hall–Kier alpha value is -5.58. The van der Waals surface area contributed by atoms with Gasteiger partial charge in [0, 0.05) is 34.1 Å². The largest absolute Gasteiger partial charge is 0.312 e.